The summed E-state index contributed by atoms with van der Waals surface area (Å²) < 4.78 is 13.0. The Labute approximate surface area is 131 Å². The van der Waals surface area contributed by atoms with Crippen LogP contribution in [-0.2, 0) is 6.42 Å². The summed E-state index contributed by atoms with van der Waals surface area (Å²) in [5.41, 5.74) is 2.34. The first-order chi connectivity index (χ1) is 10.1. The molecule has 0 saturated heterocycles. The van der Waals surface area contributed by atoms with Gasteiger partial charge in [0.15, 0.2) is 0 Å². The van der Waals surface area contributed by atoms with Crippen molar-refractivity contribution in [2.45, 2.75) is 38.8 Å². The van der Waals surface area contributed by atoms with Gasteiger partial charge in [-0.3, -0.25) is 0 Å². The maximum absolute atomic E-state index is 13.0. The van der Waals surface area contributed by atoms with Gasteiger partial charge >= 0.3 is 0 Å². The van der Waals surface area contributed by atoms with Crippen molar-refractivity contribution in [3.63, 3.8) is 0 Å². The Morgan fingerprint density at radius 1 is 1.14 bits per heavy atom. The number of halogens is 2. The Bertz CT molecular complexity index is 568. The summed E-state index contributed by atoms with van der Waals surface area (Å²) in [5, 5.41) is 4.37. The topological polar surface area (TPSA) is 12.0 Å². The van der Waals surface area contributed by atoms with Gasteiger partial charge < -0.3 is 5.32 Å². The van der Waals surface area contributed by atoms with Crippen LogP contribution in [0.2, 0.25) is 5.02 Å². The van der Waals surface area contributed by atoms with Gasteiger partial charge in [0.25, 0.3) is 0 Å². The fourth-order valence-corrected chi connectivity index (χ4v) is 2.78. The molecule has 21 heavy (non-hydrogen) atoms. The van der Waals surface area contributed by atoms with Crippen molar-refractivity contribution in [2.75, 3.05) is 0 Å². The summed E-state index contributed by atoms with van der Waals surface area (Å²) in [6.45, 7) is 4.29. The molecule has 0 spiro atoms. The lowest BCUT2D eigenvalue weighted by Gasteiger charge is -2.23. The molecule has 0 amide bonds. The number of nitrogens with one attached hydrogen (secondary N) is 1. The summed E-state index contributed by atoms with van der Waals surface area (Å²) in [4.78, 5) is 0. The third-order valence-electron chi connectivity index (χ3n) is 3.60. The quantitative estimate of drug-likeness (QED) is 0.778. The number of benzene rings is 2. The molecule has 2 aromatic carbocycles. The molecule has 0 aliphatic rings. The molecule has 2 atom stereocenters. The van der Waals surface area contributed by atoms with Crippen LogP contribution in [-0.4, -0.2) is 6.04 Å². The second-order valence-electron chi connectivity index (χ2n) is 5.41. The predicted molar refractivity (Wildman–Crippen MR) is 87.2 cm³/mol. The van der Waals surface area contributed by atoms with E-state index in [-0.39, 0.29) is 11.9 Å². The van der Waals surface area contributed by atoms with Gasteiger partial charge in [-0.1, -0.05) is 42.8 Å². The van der Waals surface area contributed by atoms with E-state index in [0.29, 0.717) is 6.04 Å². The molecule has 0 bridgehead atoms. The van der Waals surface area contributed by atoms with Crippen LogP contribution < -0.4 is 5.32 Å². The molecule has 1 N–H and O–H groups in total. The van der Waals surface area contributed by atoms with Gasteiger partial charge in [0, 0.05) is 17.1 Å². The Hall–Kier alpha value is -1.38. The maximum atomic E-state index is 13.0. The first kappa shape index (κ1) is 16.0. The molecule has 2 rings (SSSR count). The van der Waals surface area contributed by atoms with Gasteiger partial charge in [-0.15, -0.1) is 0 Å². The molecule has 0 radical (unpaired) electrons. The van der Waals surface area contributed by atoms with Crippen molar-refractivity contribution in [1.29, 1.82) is 0 Å². The number of hydrogen-bond donors (Lipinski definition) is 1. The molecule has 1 nitrogen and oxygen atoms in total. The third-order valence-corrected chi connectivity index (χ3v) is 3.83. The van der Waals surface area contributed by atoms with Crippen LogP contribution >= 0.6 is 11.6 Å². The molecular formula is C18H21ClFN. The summed E-state index contributed by atoms with van der Waals surface area (Å²) in [7, 11) is 0. The first-order valence-corrected chi connectivity index (χ1v) is 7.72. The van der Waals surface area contributed by atoms with Crippen LogP contribution in [0.4, 0.5) is 4.39 Å². The third kappa shape index (κ3) is 4.83. The Morgan fingerprint density at radius 2 is 1.86 bits per heavy atom. The Morgan fingerprint density at radius 3 is 2.48 bits per heavy atom. The minimum atomic E-state index is -0.194. The predicted octanol–water partition coefficient (Wildman–Crippen LogP) is 5.15. The SMILES string of the molecule is CCC(NC(C)Cc1cccc(Cl)c1)c1ccc(F)cc1. The zero-order valence-corrected chi connectivity index (χ0v) is 13.2. The largest absolute Gasteiger partial charge is 0.307 e. The van der Waals surface area contributed by atoms with E-state index in [9.17, 15) is 4.39 Å². The summed E-state index contributed by atoms with van der Waals surface area (Å²) in [6, 6.07) is 15.2. The molecule has 2 unspecified atom stereocenters. The van der Waals surface area contributed by atoms with E-state index in [1.165, 1.54) is 17.7 Å². The van der Waals surface area contributed by atoms with Gasteiger partial charge in [0.1, 0.15) is 5.82 Å². The number of hydrogen-bond acceptors (Lipinski definition) is 1. The van der Waals surface area contributed by atoms with Crippen LogP contribution in [0.15, 0.2) is 48.5 Å². The lowest BCUT2D eigenvalue weighted by Crippen LogP contribution is -2.32. The Kier molecular flexibility index (Phi) is 5.77. The summed E-state index contributed by atoms with van der Waals surface area (Å²) in [6.07, 6.45) is 1.88. The van der Waals surface area contributed by atoms with E-state index >= 15 is 0 Å². The monoisotopic (exact) mass is 305 g/mol. The van der Waals surface area contributed by atoms with Crippen LogP contribution in [0.3, 0.4) is 0 Å². The zero-order chi connectivity index (χ0) is 15.2. The summed E-state index contributed by atoms with van der Waals surface area (Å²) >= 11 is 6.02. The molecule has 3 heteroatoms. The van der Waals surface area contributed by atoms with E-state index in [4.69, 9.17) is 11.6 Å². The van der Waals surface area contributed by atoms with Crippen LogP contribution in [0.5, 0.6) is 0 Å². The van der Waals surface area contributed by atoms with Crippen molar-refractivity contribution >= 4 is 11.6 Å². The minimum absolute atomic E-state index is 0.194. The standard InChI is InChI=1S/C18H21ClFN/c1-3-18(15-7-9-17(20)10-8-15)21-13(2)11-14-5-4-6-16(19)12-14/h4-10,12-13,18,21H,3,11H2,1-2H3. The molecular weight excluding hydrogens is 285 g/mol. The maximum Gasteiger partial charge on any atom is 0.123 e. The fourth-order valence-electron chi connectivity index (χ4n) is 2.56. The van der Waals surface area contributed by atoms with E-state index in [0.717, 1.165) is 23.4 Å². The number of rotatable bonds is 6. The van der Waals surface area contributed by atoms with E-state index < -0.39 is 0 Å². The molecule has 0 aliphatic heterocycles. The van der Waals surface area contributed by atoms with Crippen LogP contribution in [0.1, 0.15) is 37.4 Å². The minimum Gasteiger partial charge on any atom is -0.307 e. The highest BCUT2D eigenvalue weighted by atomic mass is 35.5. The average molecular weight is 306 g/mol. The van der Waals surface area contributed by atoms with Gasteiger partial charge in [0.05, 0.1) is 0 Å². The molecule has 0 saturated carbocycles. The average Bonchev–Trinajstić information content (AvgIpc) is 2.46. The lowest BCUT2D eigenvalue weighted by molar-refractivity contribution is 0.443. The molecule has 2 aromatic rings. The first-order valence-electron chi connectivity index (χ1n) is 7.34. The second kappa shape index (κ2) is 7.58. The smallest absolute Gasteiger partial charge is 0.123 e. The highest BCUT2D eigenvalue weighted by Gasteiger charge is 2.13. The van der Waals surface area contributed by atoms with E-state index in [2.05, 4.69) is 25.2 Å². The van der Waals surface area contributed by atoms with Crippen molar-refractivity contribution < 1.29 is 4.39 Å². The van der Waals surface area contributed by atoms with E-state index in [1.54, 1.807) is 0 Å². The highest BCUT2D eigenvalue weighted by molar-refractivity contribution is 6.30. The normalized spacial score (nSPS) is 13.9. The van der Waals surface area contributed by atoms with Crippen molar-refractivity contribution in [2.24, 2.45) is 0 Å². The van der Waals surface area contributed by atoms with Gasteiger partial charge in [-0.2, -0.15) is 0 Å². The highest BCUT2D eigenvalue weighted by Crippen LogP contribution is 2.19. The molecule has 0 aliphatic carbocycles. The molecule has 0 fully saturated rings. The fraction of sp³-hybridized carbons (Fsp3) is 0.333. The summed E-state index contributed by atoms with van der Waals surface area (Å²) in [5.74, 6) is -0.194. The lowest BCUT2D eigenvalue weighted by atomic mass is 10.0. The molecule has 112 valence electrons. The van der Waals surface area contributed by atoms with Gasteiger partial charge in [-0.25, -0.2) is 4.39 Å². The molecule has 0 aromatic heterocycles. The van der Waals surface area contributed by atoms with Gasteiger partial charge in [0.2, 0.25) is 0 Å². The Balaban J connectivity index is 1.99. The van der Waals surface area contributed by atoms with Crippen LogP contribution in [0, 0.1) is 5.82 Å². The van der Waals surface area contributed by atoms with Crippen molar-refractivity contribution in [3.05, 3.63) is 70.5 Å². The van der Waals surface area contributed by atoms with Gasteiger partial charge in [-0.05, 0) is 55.2 Å². The molecule has 0 heterocycles. The van der Waals surface area contributed by atoms with E-state index in [1.807, 2.05) is 30.3 Å². The van der Waals surface area contributed by atoms with Crippen LogP contribution in [0.25, 0.3) is 0 Å². The van der Waals surface area contributed by atoms with Crippen molar-refractivity contribution in [3.8, 4) is 0 Å². The second-order valence-corrected chi connectivity index (χ2v) is 5.85. The van der Waals surface area contributed by atoms with Crippen molar-refractivity contribution in [1.82, 2.24) is 5.32 Å². The zero-order valence-electron chi connectivity index (χ0n) is 12.4.